The molecule has 5 nitrogen and oxygen atoms in total. The van der Waals surface area contributed by atoms with Crippen LogP contribution in [0, 0.1) is 11.6 Å². The fraction of sp³-hybridized carbons (Fsp3) is 0.400. The second kappa shape index (κ2) is 7.48. The molecule has 0 unspecified atom stereocenters. The van der Waals surface area contributed by atoms with Crippen LogP contribution in [0.2, 0.25) is 0 Å². The van der Waals surface area contributed by atoms with Crippen molar-refractivity contribution in [1.29, 1.82) is 0 Å². The molecule has 0 saturated carbocycles. The van der Waals surface area contributed by atoms with E-state index in [1.54, 1.807) is 0 Å². The first-order valence-corrected chi connectivity index (χ1v) is 8.02. The Hall–Kier alpha value is -2.05. The predicted molar refractivity (Wildman–Crippen MR) is 85.3 cm³/mol. The van der Waals surface area contributed by atoms with E-state index in [4.69, 9.17) is 5.53 Å². The SMILES string of the molecule is CCn1c(CN=[N+]=[N-])nc(Sc2cc(F)cc(F)c2)c1C(C)C. The zero-order valence-corrected chi connectivity index (χ0v) is 13.9. The maximum Gasteiger partial charge on any atom is 0.127 e. The third kappa shape index (κ3) is 4.03. The quantitative estimate of drug-likeness (QED) is 0.409. The lowest BCUT2D eigenvalue weighted by Gasteiger charge is -2.12. The van der Waals surface area contributed by atoms with Gasteiger partial charge in [0.25, 0.3) is 0 Å². The number of hydrogen-bond donors (Lipinski definition) is 0. The van der Waals surface area contributed by atoms with Gasteiger partial charge < -0.3 is 4.57 Å². The number of imidazole rings is 1. The number of rotatable bonds is 6. The molecule has 0 N–H and O–H groups in total. The topological polar surface area (TPSA) is 66.6 Å². The van der Waals surface area contributed by atoms with Crippen molar-refractivity contribution < 1.29 is 8.78 Å². The third-order valence-corrected chi connectivity index (χ3v) is 4.21. The van der Waals surface area contributed by atoms with Gasteiger partial charge in [-0.3, -0.25) is 0 Å². The van der Waals surface area contributed by atoms with Crippen molar-refractivity contribution in [1.82, 2.24) is 9.55 Å². The van der Waals surface area contributed by atoms with Crippen molar-refractivity contribution in [2.24, 2.45) is 5.11 Å². The van der Waals surface area contributed by atoms with Gasteiger partial charge in [-0.15, -0.1) is 0 Å². The van der Waals surface area contributed by atoms with E-state index >= 15 is 0 Å². The van der Waals surface area contributed by atoms with Gasteiger partial charge in [0.15, 0.2) is 0 Å². The van der Waals surface area contributed by atoms with E-state index in [2.05, 4.69) is 15.0 Å². The van der Waals surface area contributed by atoms with Gasteiger partial charge in [0, 0.05) is 22.4 Å². The van der Waals surface area contributed by atoms with Gasteiger partial charge in [0.1, 0.15) is 22.5 Å². The molecule has 122 valence electrons. The Balaban J connectivity index is 2.47. The van der Waals surface area contributed by atoms with Gasteiger partial charge in [-0.2, -0.15) is 0 Å². The van der Waals surface area contributed by atoms with Crippen LogP contribution < -0.4 is 0 Å². The molecule has 0 saturated heterocycles. The van der Waals surface area contributed by atoms with Gasteiger partial charge in [-0.25, -0.2) is 13.8 Å². The van der Waals surface area contributed by atoms with Crippen molar-refractivity contribution in [3.8, 4) is 0 Å². The van der Waals surface area contributed by atoms with Crippen LogP contribution in [0.5, 0.6) is 0 Å². The smallest absolute Gasteiger partial charge is 0.127 e. The molecule has 0 atom stereocenters. The highest BCUT2D eigenvalue weighted by atomic mass is 32.2. The Morgan fingerprint density at radius 3 is 2.48 bits per heavy atom. The summed E-state index contributed by atoms with van der Waals surface area (Å²) in [5, 5.41) is 4.24. The molecule has 0 spiro atoms. The van der Waals surface area contributed by atoms with Crippen LogP contribution in [0.1, 0.15) is 38.2 Å². The van der Waals surface area contributed by atoms with Crippen molar-refractivity contribution in [2.75, 3.05) is 0 Å². The first-order valence-electron chi connectivity index (χ1n) is 7.20. The Morgan fingerprint density at radius 1 is 1.30 bits per heavy atom. The molecular weight excluding hydrogens is 320 g/mol. The number of aromatic nitrogens is 2. The van der Waals surface area contributed by atoms with E-state index in [0.29, 0.717) is 22.3 Å². The average Bonchev–Trinajstić information content (AvgIpc) is 2.81. The predicted octanol–water partition coefficient (Wildman–Crippen LogP) is 5.27. The third-order valence-electron chi connectivity index (χ3n) is 3.24. The summed E-state index contributed by atoms with van der Waals surface area (Å²) in [6.45, 7) is 6.84. The molecule has 1 heterocycles. The fourth-order valence-corrected chi connectivity index (χ4v) is 3.56. The first-order chi connectivity index (χ1) is 11.0. The summed E-state index contributed by atoms with van der Waals surface area (Å²) < 4.78 is 28.7. The number of azide groups is 1. The normalized spacial score (nSPS) is 10.9. The van der Waals surface area contributed by atoms with Gasteiger partial charge >= 0.3 is 0 Å². The second-order valence-corrected chi connectivity index (χ2v) is 6.28. The number of benzene rings is 1. The van der Waals surface area contributed by atoms with Crippen LogP contribution in [-0.2, 0) is 13.1 Å². The molecule has 0 bridgehead atoms. The van der Waals surface area contributed by atoms with E-state index in [-0.39, 0.29) is 12.5 Å². The Labute approximate surface area is 137 Å². The zero-order chi connectivity index (χ0) is 17.0. The van der Waals surface area contributed by atoms with Gasteiger partial charge in [0.05, 0.1) is 12.2 Å². The molecule has 1 aromatic heterocycles. The summed E-state index contributed by atoms with van der Waals surface area (Å²) in [7, 11) is 0. The summed E-state index contributed by atoms with van der Waals surface area (Å²) in [6, 6.07) is 3.39. The molecular formula is C15H17F2N5S. The molecule has 8 heteroatoms. The van der Waals surface area contributed by atoms with E-state index in [1.165, 1.54) is 23.9 Å². The van der Waals surface area contributed by atoms with Crippen molar-refractivity contribution >= 4 is 11.8 Å². The van der Waals surface area contributed by atoms with Crippen molar-refractivity contribution in [3.05, 3.63) is 51.8 Å². The van der Waals surface area contributed by atoms with E-state index in [1.807, 2.05) is 25.3 Å². The summed E-state index contributed by atoms with van der Waals surface area (Å²) in [6.07, 6.45) is 0. The molecule has 0 fully saturated rings. The van der Waals surface area contributed by atoms with E-state index < -0.39 is 11.6 Å². The minimum absolute atomic E-state index is 0.141. The maximum atomic E-state index is 13.4. The molecule has 0 aliphatic carbocycles. The standard InChI is InChI=1S/C15H17F2N5S/c1-4-22-13(8-19-21-18)20-15(14(22)9(2)3)23-12-6-10(16)5-11(17)7-12/h5-7,9H,4,8H2,1-3H3. The number of halogens is 2. The minimum atomic E-state index is -0.622. The van der Waals surface area contributed by atoms with Crippen LogP contribution in [0.25, 0.3) is 10.4 Å². The van der Waals surface area contributed by atoms with Crippen LogP contribution in [-0.4, -0.2) is 9.55 Å². The largest absolute Gasteiger partial charge is 0.331 e. The maximum absolute atomic E-state index is 13.4. The summed E-state index contributed by atoms with van der Waals surface area (Å²) >= 11 is 1.21. The average molecular weight is 337 g/mol. The van der Waals surface area contributed by atoms with Crippen LogP contribution in [0.3, 0.4) is 0 Å². The Bertz CT molecular complexity index is 730. The molecule has 0 aliphatic rings. The fourth-order valence-electron chi connectivity index (χ4n) is 2.39. The highest BCUT2D eigenvalue weighted by molar-refractivity contribution is 7.99. The molecule has 0 radical (unpaired) electrons. The lowest BCUT2D eigenvalue weighted by atomic mass is 10.1. The lowest BCUT2D eigenvalue weighted by Crippen LogP contribution is -2.06. The van der Waals surface area contributed by atoms with Crippen LogP contribution in [0.4, 0.5) is 8.78 Å². The number of nitrogens with zero attached hydrogens (tertiary/aromatic N) is 5. The summed E-state index contributed by atoms with van der Waals surface area (Å²) in [5.74, 6) is -0.429. The summed E-state index contributed by atoms with van der Waals surface area (Å²) in [5.41, 5.74) is 9.47. The molecule has 2 rings (SSSR count). The van der Waals surface area contributed by atoms with Gasteiger partial charge in [-0.1, -0.05) is 30.7 Å². The highest BCUT2D eigenvalue weighted by Crippen LogP contribution is 2.35. The van der Waals surface area contributed by atoms with Gasteiger partial charge in [-0.05, 0) is 30.5 Å². The zero-order valence-electron chi connectivity index (χ0n) is 13.1. The van der Waals surface area contributed by atoms with E-state index in [0.717, 1.165) is 11.8 Å². The lowest BCUT2D eigenvalue weighted by molar-refractivity contribution is 0.577. The summed E-state index contributed by atoms with van der Waals surface area (Å²) in [4.78, 5) is 7.72. The molecule has 0 aliphatic heterocycles. The van der Waals surface area contributed by atoms with Crippen LogP contribution in [0.15, 0.2) is 33.2 Å². The van der Waals surface area contributed by atoms with Crippen LogP contribution >= 0.6 is 11.8 Å². The monoisotopic (exact) mass is 337 g/mol. The van der Waals surface area contributed by atoms with Crippen molar-refractivity contribution in [2.45, 2.75) is 49.7 Å². The first kappa shape index (κ1) is 17.3. The van der Waals surface area contributed by atoms with Gasteiger partial charge in [0.2, 0.25) is 0 Å². The minimum Gasteiger partial charge on any atom is -0.331 e. The highest BCUT2D eigenvalue weighted by Gasteiger charge is 2.19. The molecule has 0 amide bonds. The Morgan fingerprint density at radius 2 is 1.96 bits per heavy atom. The van der Waals surface area contributed by atoms with Crippen molar-refractivity contribution in [3.63, 3.8) is 0 Å². The molecule has 23 heavy (non-hydrogen) atoms. The second-order valence-electron chi connectivity index (χ2n) is 5.21. The molecule has 1 aromatic carbocycles. The van der Waals surface area contributed by atoms with E-state index in [9.17, 15) is 8.78 Å². The molecule has 2 aromatic rings. The number of hydrogen-bond acceptors (Lipinski definition) is 3. The Kier molecular flexibility index (Phi) is 5.63.